The van der Waals surface area contributed by atoms with Crippen LogP contribution in [0.2, 0.25) is 0 Å². The molecule has 0 spiro atoms. The molecule has 7 heteroatoms. The summed E-state index contributed by atoms with van der Waals surface area (Å²) in [6.07, 6.45) is -1.27. The maximum Gasteiger partial charge on any atom is 0.351 e. The van der Waals surface area contributed by atoms with Gasteiger partial charge in [0.05, 0.1) is 6.61 Å². The van der Waals surface area contributed by atoms with Gasteiger partial charge in [-0.3, -0.25) is 0 Å². The second kappa shape index (κ2) is 6.97. The maximum absolute atomic E-state index is 11.2. The van der Waals surface area contributed by atoms with Gasteiger partial charge in [-0.25, -0.2) is 4.79 Å². The molecule has 1 atom stereocenters. The van der Waals surface area contributed by atoms with Crippen LogP contribution < -0.4 is 0 Å². The molecule has 0 heterocycles. The SMILES string of the molecule is N#CC(C#N)=C(C#N)C(=O)OCC(O)CO. The molecule has 0 radical (unpaired) electrons. The normalized spacial score (nSPS) is 10.2. The van der Waals surface area contributed by atoms with Gasteiger partial charge in [-0.05, 0) is 0 Å². The van der Waals surface area contributed by atoms with Crippen molar-refractivity contribution in [3.63, 3.8) is 0 Å². The van der Waals surface area contributed by atoms with Crippen LogP contribution in [0.25, 0.3) is 0 Å². The molecule has 0 aromatic carbocycles. The third-order valence-electron chi connectivity index (χ3n) is 1.41. The van der Waals surface area contributed by atoms with Crippen LogP contribution >= 0.6 is 0 Å². The highest BCUT2D eigenvalue weighted by atomic mass is 16.5. The molecule has 0 bridgehead atoms. The minimum Gasteiger partial charge on any atom is -0.459 e. The Morgan fingerprint density at radius 1 is 1.25 bits per heavy atom. The van der Waals surface area contributed by atoms with Gasteiger partial charge < -0.3 is 14.9 Å². The monoisotopic (exact) mass is 221 g/mol. The third kappa shape index (κ3) is 3.77. The van der Waals surface area contributed by atoms with Crippen molar-refractivity contribution in [1.82, 2.24) is 0 Å². The molecule has 0 aliphatic carbocycles. The van der Waals surface area contributed by atoms with Crippen molar-refractivity contribution >= 4 is 5.97 Å². The van der Waals surface area contributed by atoms with Crippen molar-refractivity contribution < 1.29 is 19.7 Å². The van der Waals surface area contributed by atoms with Crippen molar-refractivity contribution in [2.45, 2.75) is 6.10 Å². The number of hydrogen-bond donors (Lipinski definition) is 2. The molecule has 7 nitrogen and oxygen atoms in total. The van der Waals surface area contributed by atoms with E-state index in [4.69, 9.17) is 26.0 Å². The molecule has 0 aromatic rings. The summed E-state index contributed by atoms with van der Waals surface area (Å²) < 4.78 is 4.40. The Bertz CT molecular complexity index is 406. The Balaban J connectivity index is 4.74. The molecule has 82 valence electrons. The van der Waals surface area contributed by atoms with Crippen molar-refractivity contribution in [3.8, 4) is 18.2 Å². The Labute approximate surface area is 91.0 Å². The average molecular weight is 221 g/mol. The van der Waals surface area contributed by atoms with Gasteiger partial charge in [-0.1, -0.05) is 0 Å². The number of aliphatic hydroxyl groups is 2. The molecule has 0 aliphatic heterocycles. The zero-order valence-corrected chi connectivity index (χ0v) is 8.04. The first-order valence-electron chi connectivity index (χ1n) is 4.01. The van der Waals surface area contributed by atoms with Gasteiger partial charge in [0.15, 0.2) is 11.1 Å². The van der Waals surface area contributed by atoms with Crippen molar-refractivity contribution in [2.75, 3.05) is 13.2 Å². The van der Waals surface area contributed by atoms with Gasteiger partial charge in [0.1, 0.15) is 30.9 Å². The summed E-state index contributed by atoms with van der Waals surface area (Å²) in [6.45, 7) is -1.13. The largest absolute Gasteiger partial charge is 0.459 e. The molecule has 2 N–H and O–H groups in total. The number of allylic oxidation sites excluding steroid dienone is 1. The Morgan fingerprint density at radius 2 is 1.81 bits per heavy atom. The first-order chi connectivity index (χ1) is 7.60. The highest BCUT2D eigenvalue weighted by molar-refractivity contribution is 5.95. The molecule has 0 saturated carbocycles. The van der Waals surface area contributed by atoms with Crippen LogP contribution in [0.4, 0.5) is 0 Å². The van der Waals surface area contributed by atoms with Crippen LogP contribution in [0, 0.1) is 34.0 Å². The second-order valence-electron chi connectivity index (χ2n) is 2.52. The number of nitriles is 3. The molecule has 0 saturated heterocycles. The lowest BCUT2D eigenvalue weighted by Gasteiger charge is -2.07. The first kappa shape index (κ1) is 13.6. The van der Waals surface area contributed by atoms with Crippen LogP contribution in [-0.4, -0.2) is 35.5 Å². The number of esters is 1. The average Bonchev–Trinajstić information content (AvgIpc) is 2.32. The van der Waals surface area contributed by atoms with Gasteiger partial charge >= 0.3 is 5.97 Å². The van der Waals surface area contributed by atoms with E-state index >= 15 is 0 Å². The van der Waals surface area contributed by atoms with E-state index in [1.54, 1.807) is 0 Å². The number of carbonyl (C=O) groups is 1. The van der Waals surface area contributed by atoms with E-state index < -0.39 is 36.4 Å². The fraction of sp³-hybridized carbons (Fsp3) is 0.333. The third-order valence-corrected chi connectivity index (χ3v) is 1.41. The molecular weight excluding hydrogens is 214 g/mol. The quantitative estimate of drug-likeness (QED) is 0.343. The minimum atomic E-state index is -1.27. The van der Waals surface area contributed by atoms with Crippen LogP contribution in [0.15, 0.2) is 11.1 Å². The highest BCUT2D eigenvalue weighted by Crippen LogP contribution is 2.04. The molecule has 0 rings (SSSR count). The number of hydrogen-bond acceptors (Lipinski definition) is 7. The van der Waals surface area contributed by atoms with Crippen LogP contribution in [-0.2, 0) is 9.53 Å². The van der Waals surface area contributed by atoms with Crippen molar-refractivity contribution in [3.05, 3.63) is 11.1 Å². The maximum atomic E-state index is 11.2. The number of ether oxygens (including phenoxy) is 1. The van der Waals surface area contributed by atoms with Crippen LogP contribution in [0.3, 0.4) is 0 Å². The van der Waals surface area contributed by atoms with Crippen LogP contribution in [0.1, 0.15) is 0 Å². The predicted molar refractivity (Wildman–Crippen MR) is 47.9 cm³/mol. The standard InChI is InChI=1S/C9H7N3O4/c10-1-6(2-11)8(3-12)9(15)16-5-7(14)4-13/h7,13-14H,4-5H2. The highest BCUT2D eigenvalue weighted by Gasteiger charge is 2.18. The molecular formula is C9H7N3O4. The van der Waals surface area contributed by atoms with Gasteiger partial charge in [0, 0.05) is 0 Å². The summed E-state index contributed by atoms with van der Waals surface area (Å²) in [5.74, 6) is -1.19. The van der Waals surface area contributed by atoms with E-state index in [0.717, 1.165) is 0 Å². The number of carbonyl (C=O) groups excluding carboxylic acids is 1. The zero-order chi connectivity index (χ0) is 12.6. The van der Waals surface area contributed by atoms with Crippen molar-refractivity contribution in [2.24, 2.45) is 0 Å². The molecule has 0 amide bonds. The number of aliphatic hydroxyl groups excluding tert-OH is 2. The Kier molecular flexibility index (Phi) is 5.92. The Hall–Kier alpha value is -2.40. The minimum absolute atomic E-state index is 0.523. The fourth-order valence-corrected chi connectivity index (χ4v) is 0.637. The fourth-order valence-electron chi connectivity index (χ4n) is 0.637. The second-order valence-corrected chi connectivity index (χ2v) is 2.52. The lowest BCUT2D eigenvalue weighted by atomic mass is 10.1. The summed E-state index contributed by atoms with van der Waals surface area (Å²) in [5.41, 5.74) is -1.39. The Morgan fingerprint density at radius 3 is 2.19 bits per heavy atom. The summed E-state index contributed by atoms with van der Waals surface area (Å²) in [6, 6.07) is 4.10. The summed E-state index contributed by atoms with van der Waals surface area (Å²) in [4.78, 5) is 11.2. The lowest BCUT2D eigenvalue weighted by molar-refractivity contribution is -0.142. The zero-order valence-electron chi connectivity index (χ0n) is 8.04. The van der Waals surface area contributed by atoms with Gasteiger partial charge in [0.2, 0.25) is 0 Å². The topological polar surface area (TPSA) is 138 Å². The molecule has 1 unspecified atom stereocenters. The van der Waals surface area contributed by atoms with Crippen LogP contribution in [0.5, 0.6) is 0 Å². The van der Waals surface area contributed by atoms with E-state index in [1.165, 1.54) is 18.2 Å². The van der Waals surface area contributed by atoms with Gasteiger partial charge in [-0.2, -0.15) is 15.8 Å². The molecule has 16 heavy (non-hydrogen) atoms. The van der Waals surface area contributed by atoms with E-state index in [0.29, 0.717) is 0 Å². The molecule has 0 aromatic heterocycles. The molecule has 0 fully saturated rings. The summed E-state index contributed by atoms with van der Waals surface area (Å²) in [7, 11) is 0. The lowest BCUT2D eigenvalue weighted by Crippen LogP contribution is -2.22. The smallest absolute Gasteiger partial charge is 0.351 e. The first-order valence-corrected chi connectivity index (χ1v) is 4.01. The number of nitrogens with zero attached hydrogens (tertiary/aromatic N) is 3. The van der Waals surface area contributed by atoms with Gasteiger partial charge in [-0.15, -0.1) is 0 Å². The summed E-state index contributed by atoms with van der Waals surface area (Å²) >= 11 is 0. The van der Waals surface area contributed by atoms with E-state index in [1.807, 2.05) is 0 Å². The summed E-state index contributed by atoms with van der Waals surface area (Å²) in [5, 5.41) is 42.7. The van der Waals surface area contributed by atoms with Crippen molar-refractivity contribution in [1.29, 1.82) is 15.8 Å². The molecule has 0 aliphatic rings. The van der Waals surface area contributed by atoms with E-state index in [2.05, 4.69) is 4.74 Å². The number of rotatable bonds is 4. The predicted octanol–water partition coefficient (Wildman–Crippen LogP) is -1.25. The van der Waals surface area contributed by atoms with E-state index in [9.17, 15) is 4.79 Å². The van der Waals surface area contributed by atoms with E-state index in [-0.39, 0.29) is 0 Å². The van der Waals surface area contributed by atoms with Gasteiger partial charge in [0.25, 0.3) is 0 Å².